The van der Waals surface area contributed by atoms with Crippen molar-refractivity contribution < 1.29 is 0 Å². The highest BCUT2D eigenvalue weighted by Gasteiger charge is 2.10. The average molecular weight is 168 g/mol. The minimum Gasteiger partial charge on any atom is -0.0618 e. The molecule has 2 radical (unpaired) electrons. The number of nitrogens with zero attached hydrogens (tertiary/aromatic N) is 1. The molecule has 0 amide bonds. The van der Waals surface area contributed by atoms with Crippen molar-refractivity contribution in [2.45, 2.75) is 0 Å². The van der Waals surface area contributed by atoms with E-state index in [0.29, 0.717) is 0 Å². The van der Waals surface area contributed by atoms with Gasteiger partial charge in [0.1, 0.15) is 5.32 Å². The molecule has 0 heterocycles. The van der Waals surface area contributed by atoms with Crippen molar-refractivity contribution in [1.82, 2.24) is 5.32 Å². The fourth-order valence-corrected chi connectivity index (χ4v) is 1.15. The minimum atomic E-state index is 0.994. The largest absolute Gasteiger partial charge is 0.253 e. The maximum absolute atomic E-state index is 4.44. The molecule has 62 valence electrons. The lowest BCUT2D eigenvalue weighted by molar-refractivity contribution is 1.19. The van der Waals surface area contributed by atoms with Gasteiger partial charge in [0.25, 0.3) is 11.4 Å². The van der Waals surface area contributed by atoms with Gasteiger partial charge in [-0.05, 0) is 0 Å². The summed E-state index contributed by atoms with van der Waals surface area (Å²) in [6.45, 7) is 0. The Balaban J connectivity index is 2.16. The summed E-state index contributed by atoms with van der Waals surface area (Å²) < 4.78 is 0. The first kappa shape index (κ1) is 8.02. The number of hydrogen-bond donors (Lipinski definition) is 0. The average Bonchev–Trinajstić information content (AvgIpc) is 2.21. The third-order valence-corrected chi connectivity index (χ3v) is 1.77. The highest BCUT2D eigenvalue weighted by molar-refractivity contribution is 5.47. The van der Waals surface area contributed by atoms with E-state index >= 15 is 0 Å². The van der Waals surface area contributed by atoms with Gasteiger partial charge in [-0.3, -0.25) is 0 Å². The Bertz CT molecular complexity index is 316. The van der Waals surface area contributed by atoms with E-state index in [0.717, 1.165) is 11.4 Å². The standard InChI is InChI=1S/C12H10N/c1-3-7-11(8-4-1)13-12-9-5-2-6-10-12/h1-10H/q+1. The summed E-state index contributed by atoms with van der Waals surface area (Å²) >= 11 is 0. The third kappa shape index (κ3) is 2.17. The molecule has 2 aromatic rings. The lowest BCUT2D eigenvalue weighted by Crippen LogP contribution is -1.86. The number of hydrogen-bond acceptors (Lipinski definition) is 0. The summed E-state index contributed by atoms with van der Waals surface area (Å²) in [7, 11) is 0. The van der Waals surface area contributed by atoms with E-state index in [-0.39, 0.29) is 0 Å². The molecule has 0 saturated heterocycles. The monoisotopic (exact) mass is 168 g/mol. The van der Waals surface area contributed by atoms with E-state index in [2.05, 4.69) is 5.32 Å². The summed E-state index contributed by atoms with van der Waals surface area (Å²) in [5.41, 5.74) is 1.99. The summed E-state index contributed by atoms with van der Waals surface area (Å²) in [5.74, 6) is 0. The molecule has 2 rings (SSSR count). The molecule has 1 nitrogen and oxygen atoms in total. The Morgan fingerprint density at radius 1 is 0.538 bits per heavy atom. The molecule has 0 fully saturated rings. The van der Waals surface area contributed by atoms with Crippen LogP contribution in [0.5, 0.6) is 0 Å². The maximum atomic E-state index is 4.44. The predicted octanol–water partition coefficient (Wildman–Crippen LogP) is 3.25. The smallest absolute Gasteiger partial charge is 0.0618 e. The maximum Gasteiger partial charge on any atom is 0.253 e. The van der Waals surface area contributed by atoms with Gasteiger partial charge in [-0.1, -0.05) is 36.4 Å². The first-order chi connectivity index (χ1) is 6.45. The van der Waals surface area contributed by atoms with Crippen LogP contribution < -0.4 is 5.32 Å². The molecule has 0 spiro atoms. The lowest BCUT2D eigenvalue weighted by atomic mass is 10.3. The Kier molecular flexibility index (Phi) is 2.39. The van der Waals surface area contributed by atoms with Crippen LogP contribution in [0.15, 0.2) is 60.7 Å². The van der Waals surface area contributed by atoms with Crippen molar-refractivity contribution in [3.63, 3.8) is 0 Å². The van der Waals surface area contributed by atoms with Gasteiger partial charge in [0, 0.05) is 24.3 Å². The van der Waals surface area contributed by atoms with E-state index in [1.807, 2.05) is 60.7 Å². The zero-order chi connectivity index (χ0) is 8.93. The highest BCUT2D eigenvalue weighted by Crippen LogP contribution is 2.14. The first-order valence-electron chi connectivity index (χ1n) is 4.27. The van der Waals surface area contributed by atoms with E-state index in [1.54, 1.807) is 0 Å². The van der Waals surface area contributed by atoms with Crippen LogP contribution in [0.2, 0.25) is 0 Å². The molecule has 0 aliphatic rings. The molecule has 0 saturated carbocycles. The molecule has 0 unspecified atom stereocenters. The molecule has 0 atom stereocenters. The van der Waals surface area contributed by atoms with Gasteiger partial charge < -0.3 is 0 Å². The van der Waals surface area contributed by atoms with Crippen LogP contribution in [0.3, 0.4) is 0 Å². The Morgan fingerprint density at radius 2 is 0.923 bits per heavy atom. The second-order valence-electron chi connectivity index (χ2n) is 2.78. The van der Waals surface area contributed by atoms with Crippen LogP contribution in [0.25, 0.3) is 0 Å². The van der Waals surface area contributed by atoms with Gasteiger partial charge in [-0.25, -0.2) is 0 Å². The molecule has 0 aromatic heterocycles. The van der Waals surface area contributed by atoms with Gasteiger partial charge in [0.15, 0.2) is 0 Å². The van der Waals surface area contributed by atoms with E-state index in [1.165, 1.54) is 0 Å². The summed E-state index contributed by atoms with van der Waals surface area (Å²) in [4.78, 5) is 0. The second kappa shape index (κ2) is 3.87. The highest BCUT2D eigenvalue weighted by atomic mass is 14.9. The van der Waals surface area contributed by atoms with Gasteiger partial charge >= 0.3 is 0 Å². The molecule has 0 aliphatic heterocycles. The fourth-order valence-electron chi connectivity index (χ4n) is 1.15. The fraction of sp³-hybridized carbons (Fsp3) is 0. The van der Waals surface area contributed by atoms with Gasteiger partial charge in [0.2, 0.25) is 0 Å². The van der Waals surface area contributed by atoms with Gasteiger partial charge in [-0.15, -0.1) is 0 Å². The zero-order valence-electron chi connectivity index (χ0n) is 7.22. The molecule has 0 N–H and O–H groups in total. The molecule has 0 bridgehead atoms. The Morgan fingerprint density at radius 3 is 1.31 bits per heavy atom. The molecule has 0 aliphatic carbocycles. The number of para-hydroxylation sites is 2. The quantitative estimate of drug-likeness (QED) is 0.653. The first-order valence-corrected chi connectivity index (χ1v) is 4.27. The van der Waals surface area contributed by atoms with Crippen LogP contribution in [0.4, 0.5) is 11.4 Å². The SMILES string of the molecule is c1ccc([N+]c2ccccc2)cc1. The minimum absolute atomic E-state index is 0.994. The normalized spacial score (nSPS) is 9.85. The van der Waals surface area contributed by atoms with Crippen molar-refractivity contribution in [3.8, 4) is 0 Å². The lowest BCUT2D eigenvalue weighted by Gasteiger charge is -1.84. The third-order valence-electron chi connectivity index (χ3n) is 1.77. The predicted molar refractivity (Wildman–Crippen MR) is 54.3 cm³/mol. The van der Waals surface area contributed by atoms with Crippen LogP contribution in [-0.2, 0) is 0 Å². The number of benzene rings is 2. The molecular weight excluding hydrogens is 158 g/mol. The molecule has 2 aromatic carbocycles. The molecule has 1 heteroatoms. The van der Waals surface area contributed by atoms with E-state index in [4.69, 9.17) is 0 Å². The van der Waals surface area contributed by atoms with E-state index < -0.39 is 0 Å². The van der Waals surface area contributed by atoms with E-state index in [9.17, 15) is 0 Å². The van der Waals surface area contributed by atoms with Crippen molar-refractivity contribution >= 4 is 11.4 Å². The molecule has 13 heavy (non-hydrogen) atoms. The van der Waals surface area contributed by atoms with Crippen molar-refractivity contribution in [1.29, 1.82) is 0 Å². The topological polar surface area (TPSA) is 14.1 Å². The summed E-state index contributed by atoms with van der Waals surface area (Å²) in [6.07, 6.45) is 0. The molecular formula is C12H10N+. The van der Waals surface area contributed by atoms with Crippen LogP contribution in [-0.4, -0.2) is 0 Å². The number of rotatable bonds is 2. The Labute approximate surface area is 78.0 Å². The van der Waals surface area contributed by atoms with Crippen molar-refractivity contribution in [3.05, 3.63) is 60.7 Å². The summed E-state index contributed by atoms with van der Waals surface area (Å²) in [5, 5.41) is 4.44. The van der Waals surface area contributed by atoms with Gasteiger partial charge in [0.05, 0.1) is 0 Å². The zero-order valence-corrected chi connectivity index (χ0v) is 7.22. The Hall–Kier alpha value is -1.60. The van der Waals surface area contributed by atoms with Gasteiger partial charge in [-0.2, -0.15) is 0 Å². The van der Waals surface area contributed by atoms with Crippen LogP contribution in [0, 0.1) is 0 Å². The van der Waals surface area contributed by atoms with Crippen molar-refractivity contribution in [2.75, 3.05) is 0 Å². The summed E-state index contributed by atoms with van der Waals surface area (Å²) in [6, 6.07) is 19.9. The van der Waals surface area contributed by atoms with Crippen molar-refractivity contribution in [2.24, 2.45) is 0 Å². The van der Waals surface area contributed by atoms with Crippen LogP contribution in [0.1, 0.15) is 0 Å². The van der Waals surface area contributed by atoms with Crippen LogP contribution >= 0.6 is 0 Å². The second-order valence-corrected chi connectivity index (χ2v) is 2.78.